The molecule has 272 valence electrons. The van der Waals surface area contributed by atoms with Gasteiger partial charge in [0.05, 0.1) is 13.7 Å². The summed E-state index contributed by atoms with van der Waals surface area (Å²) in [6.07, 6.45) is 10.8. The number of aromatic carboxylic acids is 1. The van der Waals surface area contributed by atoms with Crippen molar-refractivity contribution in [2.45, 2.75) is 60.8 Å². The van der Waals surface area contributed by atoms with Crippen LogP contribution in [0.3, 0.4) is 0 Å². The molecule has 2 N–H and O–H groups in total. The summed E-state index contributed by atoms with van der Waals surface area (Å²) in [5.74, 6) is -0.364. The Kier molecular flexibility index (Phi) is 25.4. The summed E-state index contributed by atoms with van der Waals surface area (Å²) in [4.78, 5) is 12.7. The average Bonchev–Trinajstić information content (AvgIpc) is 3.07. The Labute approximate surface area is 294 Å². The Morgan fingerprint density at radius 3 is 2.10 bits per heavy atom. The number of ether oxygens (including phenoxy) is 6. The van der Waals surface area contributed by atoms with Crippen molar-refractivity contribution in [3.63, 3.8) is 0 Å². The molecule has 0 saturated heterocycles. The van der Waals surface area contributed by atoms with Crippen LogP contribution in [0.2, 0.25) is 0 Å². The molecule has 0 amide bonds. The Balaban J connectivity index is 0.00000177. The van der Waals surface area contributed by atoms with E-state index >= 15 is 0 Å². The summed E-state index contributed by atoms with van der Waals surface area (Å²) in [5, 5.41) is 20.2. The molecule has 49 heavy (non-hydrogen) atoms. The van der Waals surface area contributed by atoms with E-state index in [0.29, 0.717) is 35.5 Å². The molecule has 0 bridgehead atoms. The molecule has 0 radical (unpaired) electrons. The van der Waals surface area contributed by atoms with Crippen LogP contribution in [0.25, 0.3) is 5.57 Å². The fraction of sp³-hybridized carbons (Fsp3) is 0.425. The van der Waals surface area contributed by atoms with Gasteiger partial charge in [-0.25, -0.2) is 4.79 Å². The van der Waals surface area contributed by atoms with Crippen LogP contribution in [0, 0.1) is 13.8 Å². The van der Waals surface area contributed by atoms with Gasteiger partial charge < -0.3 is 38.6 Å². The summed E-state index contributed by atoms with van der Waals surface area (Å²) < 4.78 is 32.9. The van der Waals surface area contributed by atoms with E-state index in [1.807, 2.05) is 26.0 Å². The van der Waals surface area contributed by atoms with Crippen LogP contribution in [0.15, 0.2) is 90.3 Å². The maximum atomic E-state index is 12.7. The van der Waals surface area contributed by atoms with Gasteiger partial charge in [-0.1, -0.05) is 99.0 Å². The highest BCUT2D eigenvalue weighted by Crippen LogP contribution is 2.39. The number of carbonyl (C=O) groups is 1. The van der Waals surface area contributed by atoms with Gasteiger partial charge in [0.1, 0.15) is 36.2 Å². The first-order valence-corrected chi connectivity index (χ1v) is 16.4. The predicted molar refractivity (Wildman–Crippen MR) is 198 cm³/mol. The van der Waals surface area contributed by atoms with Crippen LogP contribution >= 0.6 is 0 Å². The van der Waals surface area contributed by atoms with E-state index in [-0.39, 0.29) is 44.7 Å². The number of carboxylic acid groups (broad SMARTS) is 1. The lowest BCUT2D eigenvalue weighted by Crippen LogP contribution is -2.12. The van der Waals surface area contributed by atoms with Crippen molar-refractivity contribution in [3.8, 4) is 11.5 Å². The Bertz CT molecular complexity index is 1350. The number of aryl methyl sites for hydroxylation is 2. The zero-order valence-electron chi connectivity index (χ0n) is 31.0. The lowest BCUT2D eigenvalue weighted by atomic mass is 9.90. The van der Waals surface area contributed by atoms with Gasteiger partial charge in [-0.15, -0.1) is 0 Å². The van der Waals surface area contributed by atoms with Crippen LogP contribution in [0.5, 0.6) is 11.5 Å². The molecule has 0 atom stereocenters. The fourth-order valence-corrected chi connectivity index (χ4v) is 4.46. The zero-order valence-corrected chi connectivity index (χ0v) is 31.0. The maximum Gasteiger partial charge on any atom is 0.340 e. The molecule has 9 heteroatoms. The van der Waals surface area contributed by atoms with Crippen LogP contribution in [-0.2, 0) is 18.9 Å². The molecule has 0 unspecified atom stereocenters. The molecule has 2 aromatic carbocycles. The Morgan fingerprint density at radius 2 is 1.63 bits per heavy atom. The normalized spacial score (nSPS) is 11.9. The number of hydrogen-bond donors (Lipinski definition) is 2. The number of methoxy groups -OCH3 is 3. The van der Waals surface area contributed by atoms with Crippen molar-refractivity contribution in [2.75, 3.05) is 54.7 Å². The summed E-state index contributed by atoms with van der Waals surface area (Å²) in [6.45, 7) is 16.0. The average molecular weight is 683 g/mol. The number of aliphatic hydroxyl groups excluding tert-OH is 1. The molecule has 0 aliphatic rings. The molecule has 0 spiro atoms. The summed E-state index contributed by atoms with van der Waals surface area (Å²) in [5.41, 5.74) is 4.96. The third-order valence-electron chi connectivity index (χ3n) is 6.44. The van der Waals surface area contributed by atoms with Gasteiger partial charge in [0.2, 0.25) is 0 Å². The van der Waals surface area contributed by atoms with Gasteiger partial charge in [0, 0.05) is 38.0 Å². The predicted octanol–water partition coefficient (Wildman–Crippen LogP) is 8.85. The first-order valence-electron chi connectivity index (χ1n) is 16.4. The molecule has 0 aliphatic carbocycles. The second-order valence-electron chi connectivity index (χ2n) is 10.7. The van der Waals surface area contributed by atoms with Crippen LogP contribution in [0.4, 0.5) is 0 Å². The van der Waals surface area contributed by atoms with Gasteiger partial charge in [-0.2, -0.15) is 0 Å². The van der Waals surface area contributed by atoms with Gasteiger partial charge in [-0.05, 0) is 51.3 Å². The highest BCUT2D eigenvalue weighted by Gasteiger charge is 2.26. The van der Waals surface area contributed by atoms with E-state index < -0.39 is 5.97 Å². The highest BCUT2D eigenvalue weighted by atomic mass is 16.7. The maximum absolute atomic E-state index is 12.7. The Hall–Kier alpha value is -4.15. The lowest BCUT2D eigenvalue weighted by molar-refractivity contribution is -0.0213. The van der Waals surface area contributed by atoms with E-state index in [9.17, 15) is 15.0 Å². The molecule has 0 saturated carbocycles. The number of rotatable bonds is 19. The summed E-state index contributed by atoms with van der Waals surface area (Å²) in [7, 11) is 4.48. The minimum atomic E-state index is -1.20. The van der Waals surface area contributed by atoms with Crippen molar-refractivity contribution in [1.82, 2.24) is 0 Å². The standard InChI is InChI=1S/C29H40O9.C8H10.C3H8/c1-7-10-21(11-8-2)18-37-26-17-23(35-6)16-24(28(26)29(31)32)27(22(9-3)12-14-30)25(38-20-34-5)13-15-36-19-33-4;1-7-4-3-5-8(2)6-7;1-3-2/h7-8,10-11,13,16-17,30H,1,9,12,14-15,18-20H2,2-6H3,(H,31,32);3-6H,1-2H3;3H2,1-2H3/b11-8-,21-10+,25-13+,27-22+;;. The van der Waals surface area contributed by atoms with E-state index in [1.54, 1.807) is 24.3 Å². The molecule has 9 nitrogen and oxygen atoms in total. The van der Waals surface area contributed by atoms with Crippen LogP contribution < -0.4 is 9.47 Å². The van der Waals surface area contributed by atoms with Crippen molar-refractivity contribution in [1.29, 1.82) is 0 Å². The van der Waals surface area contributed by atoms with E-state index in [1.165, 1.54) is 44.9 Å². The molecule has 0 aromatic heterocycles. The zero-order chi connectivity index (χ0) is 37.0. The molecular weight excluding hydrogens is 624 g/mol. The lowest BCUT2D eigenvalue weighted by Gasteiger charge is -2.22. The number of aliphatic hydroxyl groups is 1. The number of hydrogen-bond acceptors (Lipinski definition) is 8. The van der Waals surface area contributed by atoms with E-state index in [4.69, 9.17) is 28.4 Å². The first kappa shape index (κ1) is 44.9. The quantitative estimate of drug-likeness (QED) is 0.0649. The van der Waals surface area contributed by atoms with Crippen LogP contribution in [-0.4, -0.2) is 70.9 Å². The van der Waals surface area contributed by atoms with Crippen molar-refractivity contribution < 1.29 is 43.4 Å². The van der Waals surface area contributed by atoms with Gasteiger partial charge in [-0.3, -0.25) is 0 Å². The summed E-state index contributed by atoms with van der Waals surface area (Å²) in [6, 6.07) is 11.6. The molecule has 0 fully saturated rings. The summed E-state index contributed by atoms with van der Waals surface area (Å²) >= 11 is 0. The molecule has 2 aromatic rings. The topological polar surface area (TPSA) is 113 Å². The van der Waals surface area contributed by atoms with Gasteiger partial charge in [0.15, 0.2) is 6.79 Å². The minimum Gasteiger partial charge on any atom is -0.497 e. The monoisotopic (exact) mass is 682 g/mol. The molecule has 2 rings (SSSR count). The SMILES string of the molecule is C=C/C=C(\C=C/C)COc1cc(OC)cc(C(/C(=C\COCOC)OCOC)=C(/CC)CCO)c1C(=O)O.CCC.Cc1cccc(C)c1. The smallest absolute Gasteiger partial charge is 0.340 e. The fourth-order valence-electron chi connectivity index (χ4n) is 4.46. The molecule has 0 aliphatic heterocycles. The van der Waals surface area contributed by atoms with E-state index in [2.05, 4.69) is 58.5 Å². The molecule has 0 heterocycles. The number of benzene rings is 2. The van der Waals surface area contributed by atoms with E-state index in [0.717, 1.165) is 11.1 Å². The Morgan fingerprint density at radius 1 is 0.980 bits per heavy atom. The van der Waals surface area contributed by atoms with Crippen molar-refractivity contribution in [3.05, 3.63) is 113 Å². The van der Waals surface area contributed by atoms with Gasteiger partial charge in [0.25, 0.3) is 0 Å². The number of carboxylic acids is 1. The van der Waals surface area contributed by atoms with Gasteiger partial charge >= 0.3 is 5.97 Å². The largest absolute Gasteiger partial charge is 0.497 e. The minimum absolute atomic E-state index is 0.0642. The second kappa shape index (κ2) is 27.8. The first-order chi connectivity index (χ1) is 23.6. The number of allylic oxidation sites excluding steroid dienone is 4. The van der Waals surface area contributed by atoms with Crippen LogP contribution in [0.1, 0.15) is 74.0 Å². The van der Waals surface area contributed by atoms with Crippen molar-refractivity contribution >= 4 is 11.5 Å². The third kappa shape index (κ3) is 17.7. The van der Waals surface area contributed by atoms with Crippen molar-refractivity contribution in [2.24, 2.45) is 0 Å². The third-order valence-corrected chi connectivity index (χ3v) is 6.44. The second-order valence-corrected chi connectivity index (χ2v) is 10.7. The highest BCUT2D eigenvalue weighted by molar-refractivity contribution is 6.00. The molecular formula is C40H58O9.